The van der Waals surface area contributed by atoms with E-state index in [4.69, 9.17) is 6.42 Å². The Morgan fingerprint density at radius 3 is 2.68 bits per heavy atom. The first kappa shape index (κ1) is 12.9. The Kier molecular flexibility index (Phi) is 3.39. The SMILES string of the molecule is C#CC(C)(C)NC(=O)c1cnn(-c2ccccc2)c1. The molecule has 1 N–H and O–H groups in total. The quantitative estimate of drug-likeness (QED) is 0.851. The predicted octanol–water partition coefficient (Wildman–Crippen LogP) is 2.01. The molecule has 0 aliphatic carbocycles. The fourth-order valence-corrected chi connectivity index (χ4v) is 1.55. The number of benzene rings is 1. The number of terminal acetylenes is 1. The normalized spacial score (nSPS) is 10.8. The molecule has 2 aromatic rings. The van der Waals surface area contributed by atoms with Crippen LogP contribution in [0.1, 0.15) is 24.2 Å². The number of nitrogens with one attached hydrogen (secondary N) is 1. The molecule has 0 fully saturated rings. The van der Waals surface area contributed by atoms with E-state index in [0.717, 1.165) is 5.69 Å². The topological polar surface area (TPSA) is 46.9 Å². The highest BCUT2D eigenvalue weighted by molar-refractivity contribution is 5.94. The molecule has 4 heteroatoms. The van der Waals surface area contributed by atoms with E-state index in [1.165, 1.54) is 6.20 Å². The van der Waals surface area contributed by atoms with Gasteiger partial charge in [0.15, 0.2) is 0 Å². The van der Waals surface area contributed by atoms with E-state index in [1.54, 1.807) is 24.7 Å². The number of hydrogen-bond donors (Lipinski definition) is 1. The van der Waals surface area contributed by atoms with Crippen LogP contribution in [0.4, 0.5) is 0 Å². The molecule has 0 saturated carbocycles. The lowest BCUT2D eigenvalue weighted by atomic mass is 10.1. The number of aromatic nitrogens is 2. The largest absolute Gasteiger partial charge is 0.336 e. The summed E-state index contributed by atoms with van der Waals surface area (Å²) in [7, 11) is 0. The average molecular weight is 253 g/mol. The fraction of sp³-hybridized carbons (Fsp3) is 0.200. The van der Waals surface area contributed by atoms with E-state index < -0.39 is 5.54 Å². The smallest absolute Gasteiger partial charge is 0.255 e. The minimum absolute atomic E-state index is 0.231. The highest BCUT2D eigenvalue weighted by atomic mass is 16.1. The molecule has 0 saturated heterocycles. The van der Waals surface area contributed by atoms with E-state index in [0.29, 0.717) is 5.56 Å². The zero-order valence-electron chi connectivity index (χ0n) is 10.9. The Labute approximate surface area is 112 Å². The first-order valence-corrected chi connectivity index (χ1v) is 5.92. The lowest BCUT2D eigenvalue weighted by Crippen LogP contribution is -2.41. The number of hydrogen-bond acceptors (Lipinski definition) is 2. The third kappa shape index (κ3) is 3.02. The molecular weight excluding hydrogens is 238 g/mol. The minimum Gasteiger partial charge on any atom is -0.336 e. The maximum absolute atomic E-state index is 12.0. The Hall–Kier alpha value is -2.54. The summed E-state index contributed by atoms with van der Waals surface area (Å²) in [5.41, 5.74) is 0.705. The number of rotatable bonds is 3. The van der Waals surface area contributed by atoms with Crippen molar-refractivity contribution >= 4 is 5.91 Å². The minimum atomic E-state index is -0.675. The highest BCUT2D eigenvalue weighted by Crippen LogP contribution is 2.09. The van der Waals surface area contributed by atoms with Crippen LogP contribution >= 0.6 is 0 Å². The third-order valence-electron chi connectivity index (χ3n) is 2.65. The van der Waals surface area contributed by atoms with E-state index in [-0.39, 0.29) is 5.91 Å². The van der Waals surface area contributed by atoms with Crippen LogP contribution in [-0.2, 0) is 0 Å². The van der Waals surface area contributed by atoms with Gasteiger partial charge in [-0.25, -0.2) is 4.68 Å². The van der Waals surface area contributed by atoms with Crippen molar-refractivity contribution in [3.05, 3.63) is 48.3 Å². The first-order valence-electron chi connectivity index (χ1n) is 5.92. The number of para-hydroxylation sites is 1. The summed E-state index contributed by atoms with van der Waals surface area (Å²) < 4.78 is 1.65. The number of amides is 1. The Morgan fingerprint density at radius 2 is 2.05 bits per heavy atom. The molecule has 0 aliphatic rings. The lowest BCUT2D eigenvalue weighted by molar-refractivity contribution is 0.0930. The fourth-order valence-electron chi connectivity index (χ4n) is 1.55. The third-order valence-corrected chi connectivity index (χ3v) is 2.65. The van der Waals surface area contributed by atoms with Crippen molar-refractivity contribution in [3.8, 4) is 18.0 Å². The van der Waals surface area contributed by atoms with Crippen LogP contribution in [0, 0.1) is 12.3 Å². The van der Waals surface area contributed by atoms with Crippen LogP contribution in [0.15, 0.2) is 42.7 Å². The van der Waals surface area contributed by atoms with Gasteiger partial charge in [-0.3, -0.25) is 4.79 Å². The van der Waals surface area contributed by atoms with Crippen LogP contribution in [0.2, 0.25) is 0 Å². The van der Waals surface area contributed by atoms with Gasteiger partial charge in [-0.1, -0.05) is 24.1 Å². The summed E-state index contributed by atoms with van der Waals surface area (Å²) in [6, 6.07) is 9.59. The molecule has 96 valence electrons. The monoisotopic (exact) mass is 253 g/mol. The molecule has 1 aromatic heterocycles. The zero-order valence-corrected chi connectivity index (χ0v) is 10.9. The van der Waals surface area contributed by atoms with Gasteiger partial charge >= 0.3 is 0 Å². The summed E-state index contributed by atoms with van der Waals surface area (Å²) in [4.78, 5) is 12.0. The molecule has 1 aromatic carbocycles. The van der Waals surface area contributed by atoms with Gasteiger partial charge in [-0.05, 0) is 26.0 Å². The summed E-state index contributed by atoms with van der Waals surface area (Å²) >= 11 is 0. The standard InChI is InChI=1S/C15H15N3O/c1-4-15(2,3)17-14(19)12-10-16-18(11-12)13-8-6-5-7-9-13/h1,5-11H,2-3H3,(H,17,19). The predicted molar refractivity (Wildman–Crippen MR) is 73.9 cm³/mol. The molecule has 0 aliphatic heterocycles. The molecule has 1 heterocycles. The van der Waals surface area contributed by atoms with Gasteiger partial charge in [-0.2, -0.15) is 5.10 Å². The number of carbonyl (C=O) groups is 1. The summed E-state index contributed by atoms with van der Waals surface area (Å²) in [6.45, 7) is 3.54. The number of carbonyl (C=O) groups excluding carboxylic acids is 1. The van der Waals surface area contributed by atoms with Crippen molar-refractivity contribution < 1.29 is 4.79 Å². The maximum atomic E-state index is 12.0. The first-order chi connectivity index (χ1) is 9.02. The van der Waals surface area contributed by atoms with Crippen molar-refractivity contribution in [1.82, 2.24) is 15.1 Å². The molecule has 4 nitrogen and oxygen atoms in total. The Balaban J connectivity index is 2.19. The van der Waals surface area contributed by atoms with Crippen LogP contribution in [-0.4, -0.2) is 21.2 Å². The summed E-state index contributed by atoms with van der Waals surface area (Å²) in [6.07, 6.45) is 8.54. The van der Waals surface area contributed by atoms with Gasteiger partial charge in [0, 0.05) is 6.20 Å². The van der Waals surface area contributed by atoms with E-state index in [9.17, 15) is 4.79 Å². The van der Waals surface area contributed by atoms with Crippen molar-refractivity contribution in [2.45, 2.75) is 19.4 Å². The Morgan fingerprint density at radius 1 is 1.37 bits per heavy atom. The molecule has 0 radical (unpaired) electrons. The van der Waals surface area contributed by atoms with E-state index in [1.807, 2.05) is 30.3 Å². The van der Waals surface area contributed by atoms with Crippen molar-refractivity contribution in [2.75, 3.05) is 0 Å². The van der Waals surface area contributed by atoms with Gasteiger partial charge in [0.25, 0.3) is 5.91 Å². The second-order valence-corrected chi connectivity index (χ2v) is 4.73. The van der Waals surface area contributed by atoms with Gasteiger partial charge in [-0.15, -0.1) is 6.42 Å². The van der Waals surface area contributed by atoms with Gasteiger partial charge < -0.3 is 5.32 Å². The molecule has 0 spiro atoms. The molecule has 0 bridgehead atoms. The second kappa shape index (κ2) is 4.99. The van der Waals surface area contributed by atoms with Crippen LogP contribution < -0.4 is 5.32 Å². The Bertz CT molecular complexity index is 620. The van der Waals surface area contributed by atoms with E-state index in [2.05, 4.69) is 16.3 Å². The van der Waals surface area contributed by atoms with Crippen molar-refractivity contribution in [3.63, 3.8) is 0 Å². The highest BCUT2D eigenvalue weighted by Gasteiger charge is 2.19. The van der Waals surface area contributed by atoms with Gasteiger partial charge in [0.1, 0.15) is 0 Å². The van der Waals surface area contributed by atoms with Crippen molar-refractivity contribution in [2.24, 2.45) is 0 Å². The van der Waals surface area contributed by atoms with Crippen LogP contribution in [0.5, 0.6) is 0 Å². The summed E-state index contributed by atoms with van der Waals surface area (Å²) in [5, 5.41) is 6.93. The number of nitrogens with zero attached hydrogens (tertiary/aromatic N) is 2. The van der Waals surface area contributed by atoms with Crippen molar-refractivity contribution in [1.29, 1.82) is 0 Å². The zero-order chi connectivity index (χ0) is 13.9. The van der Waals surface area contributed by atoms with Crippen LogP contribution in [0.3, 0.4) is 0 Å². The van der Waals surface area contributed by atoms with E-state index >= 15 is 0 Å². The lowest BCUT2D eigenvalue weighted by Gasteiger charge is -2.18. The van der Waals surface area contributed by atoms with Crippen LogP contribution in [0.25, 0.3) is 5.69 Å². The molecule has 1 amide bonds. The molecule has 0 unspecified atom stereocenters. The average Bonchev–Trinajstić information content (AvgIpc) is 2.89. The van der Waals surface area contributed by atoms with Gasteiger partial charge in [0.2, 0.25) is 0 Å². The van der Waals surface area contributed by atoms with Gasteiger partial charge in [0.05, 0.1) is 23.0 Å². The maximum Gasteiger partial charge on any atom is 0.255 e. The molecule has 2 rings (SSSR count). The summed E-state index contributed by atoms with van der Waals surface area (Å²) in [5.74, 6) is 2.29. The molecule has 0 atom stereocenters. The molecule has 19 heavy (non-hydrogen) atoms. The second-order valence-electron chi connectivity index (χ2n) is 4.73. The molecular formula is C15H15N3O.